The predicted octanol–water partition coefficient (Wildman–Crippen LogP) is 2.41. The van der Waals surface area contributed by atoms with E-state index in [0.717, 1.165) is 5.56 Å². The highest BCUT2D eigenvalue weighted by atomic mass is 32.1. The Morgan fingerprint density at radius 2 is 1.90 bits per heavy atom. The van der Waals surface area contributed by atoms with Crippen molar-refractivity contribution in [1.82, 2.24) is 14.6 Å². The zero-order valence-corrected chi connectivity index (χ0v) is 17.4. The Morgan fingerprint density at radius 3 is 2.59 bits per heavy atom. The number of fused-ring (bicyclic) bond motifs is 1. The Bertz CT molecular complexity index is 853. The van der Waals surface area contributed by atoms with Crippen molar-refractivity contribution in [2.75, 3.05) is 13.1 Å². The minimum absolute atomic E-state index is 0.0232. The first-order valence-electron chi connectivity index (χ1n) is 10.2. The second-order valence-corrected chi connectivity index (χ2v) is 9.14. The normalized spacial score (nSPS) is 26.2. The molecule has 1 aliphatic heterocycles. The number of likely N-dealkylation sites (tertiary alicyclic amines) is 1. The largest absolute Gasteiger partial charge is 0.391 e. The van der Waals surface area contributed by atoms with Crippen molar-refractivity contribution in [2.45, 2.75) is 44.8 Å². The third-order valence-electron chi connectivity index (χ3n) is 6.19. The molecule has 1 aromatic carbocycles. The molecule has 1 saturated heterocycles. The van der Waals surface area contributed by atoms with Crippen LogP contribution in [0.25, 0.3) is 0 Å². The number of carbonyl (C=O) groups is 2. The molecule has 0 spiro atoms. The van der Waals surface area contributed by atoms with Crippen LogP contribution in [0.4, 0.5) is 0 Å². The summed E-state index contributed by atoms with van der Waals surface area (Å²) in [6, 6.07) is 9.72. The number of benzene rings is 1. The van der Waals surface area contributed by atoms with Crippen LogP contribution in [-0.4, -0.2) is 51.4 Å². The fraction of sp³-hybridized carbons (Fsp3) is 0.500. The molecule has 2 fully saturated rings. The van der Waals surface area contributed by atoms with Gasteiger partial charge in [-0.05, 0) is 61.2 Å². The van der Waals surface area contributed by atoms with Gasteiger partial charge < -0.3 is 15.3 Å². The first-order valence-corrected chi connectivity index (χ1v) is 11.0. The number of hydrogen-bond donors (Lipinski definition) is 2. The van der Waals surface area contributed by atoms with Crippen molar-refractivity contribution < 1.29 is 14.7 Å². The van der Waals surface area contributed by atoms with Crippen molar-refractivity contribution in [3.8, 4) is 0 Å². The van der Waals surface area contributed by atoms with Gasteiger partial charge in [-0.2, -0.15) is 0 Å². The van der Waals surface area contributed by atoms with Gasteiger partial charge in [0.05, 0.1) is 12.1 Å². The second kappa shape index (κ2) is 8.63. The van der Waals surface area contributed by atoms with Gasteiger partial charge in [0.15, 0.2) is 0 Å². The summed E-state index contributed by atoms with van der Waals surface area (Å²) >= 11 is 1.22. The van der Waals surface area contributed by atoms with Gasteiger partial charge >= 0.3 is 0 Å². The number of nitrogens with zero attached hydrogens (tertiary/aromatic N) is 2. The van der Waals surface area contributed by atoms with E-state index in [2.05, 4.69) is 34.0 Å². The lowest BCUT2D eigenvalue weighted by atomic mass is 9.77. The topological polar surface area (TPSA) is 82.5 Å². The fourth-order valence-electron chi connectivity index (χ4n) is 4.52. The van der Waals surface area contributed by atoms with E-state index in [9.17, 15) is 14.7 Å². The molecule has 2 N–H and O–H groups in total. The molecule has 0 bridgehead atoms. The van der Waals surface area contributed by atoms with Gasteiger partial charge in [0, 0.05) is 25.7 Å². The summed E-state index contributed by atoms with van der Waals surface area (Å²) in [6.45, 7) is 3.40. The molecule has 29 heavy (non-hydrogen) atoms. The van der Waals surface area contributed by atoms with E-state index in [4.69, 9.17) is 0 Å². The minimum Gasteiger partial charge on any atom is -0.391 e. The Balaban J connectivity index is 1.29. The molecule has 2 amide bonds. The lowest BCUT2D eigenvalue weighted by Gasteiger charge is -2.35. The van der Waals surface area contributed by atoms with Crippen molar-refractivity contribution in [3.63, 3.8) is 0 Å². The third kappa shape index (κ3) is 4.67. The molecule has 6 nitrogen and oxygen atoms in total. The monoisotopic (exact) mass is 413 g/mol. The van der Waals surface area contributed by atoms with Gasteiger partial charge in [-0.15, -0.1) is 0 Å². The van der Waals surface area contributed by atoms with Crippen LogP contribution in [0.2, 0.25) is 0 Å². The molecule has 2 aromatic rings. The second-order valence-electron chi connectivity index (χ2n) is 8.31. The number of aromatic nitrogens is 1. The van der Waals surface area contributed by atoms with Crippen LogP contribution < -0.4 is 5.32 Å². The highest BCUT2D eigenvalue weighted by molar-refractivity contribution is 7.08. The zero-order valence-electron chi connectivity index (χ0n) is 16.6. The molecule has 1 aliphatic carbocycles. The van der Waals surface area contributed by atoms with Gasteiger partial charge in [0.2, 0.25) is 5.91 Å². The maximum Gasteiger partial charge on any atom is 0.265 e. The first-order chi connectivity index (χ1) is 14.0. The van der Waals surface area contributed by atoms with Crippen LogP contribution in [0.1, 0.15) is 40.1 Å². The molecule has 2 aliphatic rings. The maximum atomic E-state index is 12.6. The number of amides is 2. The first kappa shape index (κ1) is 20.0. The van der Waals surface area contributed by atoms with E-state index in [1.165, 1.54) is 17.1 Å². The van der Waals surface area contributed by atoms with E-state index < -0.39 is 6.10 Å². The average molecular weight is 414 g/mol. The summed E-state index contributed by atoms with van der Waals surface area (Å²) in [4.78, 5) is 27.6. The number of hydrogen-bond acceptors (Lipinski definition) is 5. The van der Waals surface area contributed by atoms with Crippen LogP contribution in [0, 0.1) is 18.8 Å². The minimum atomic E-state index is -0.557. The molecule has 2 heterocycles. The Kier molecular flexibility index (Phi) is 5.96. The van der Waals surface area contributed by atoms with Crippen molar-refractivity contribution in [1.29, 1.82) is 0 Å². The number of aliphatic hydroxyl groups is 1. The molecule has 4 atom stereocenters. The lowest BCUT2D eigenvalue weighted by Crippen LogP contribution is -2.49. The Hall–Kier alpha value is -2.25. The van der Waals surface area contributed by atoms with Crippen molar-refractivity contribution in [3.05, 3.63) is 52.5 Å². The molecular formula is C22H27N3O3S. The average Bonchev–Trinajstić information content (AvgIpc) is 3.37. The van der Waals surface area contributed by atoms with Crippen LogP contribution in [0.5, 0.6) is 0 Å². The summed E-state index contributed by atoms with van der Waals surface area (Å²) < 4.78 is 4.01. The standard InChI is InChI=1S/C22H27N3O3S/c1-14-2-4-15(5-3-14)6-7-21(27)24-18-10-16-12-25(13-17(16)11-19(18)26)22(28)20-8-9-23-29-20/h2-5,8-9,16-19,26H,6-7,10-13H2,1H3,(H,24,27)/t16-,17+,18-,19-/m0/s1. The Morgan fingerprint density at radius 1 is 1.17 bits per heavy atom. The number of carbonyl (C=O) groups excluding carboxylic acids is 2. The highest BCUT2D eigenvalue weighted by Crippen LogP contribution is 2.37. The molecule has 1 aromatic heterocycles. The van der Waals surface area contributed by atoms with E-state index >= 15 is 0 Å². The quantitative estimate of drug-likeness (QED) is 0.789. The SMILES string of the molecule is Cc1ccc(CCC(=O)N[C@H]2C[C@H]3CN(C(=O)c4ccns4)C[C@H]3C[C@@H]2O)cc1. The van der Waals surface area contributed by atoms with E-state index in [1.54, 1.807) is 12.3 Å². The molecular weight excluding hydrogens is 386 g/mol. The van der Waals surface area contributed by atoms with Gasteiger partial charge in [-0.1, -0.05) is 29.8 Å². The van der Waals surface area contributed by atoms with Gasteiger partial charge in [0.1, 0.15) is 4.88 Å². The fourth-order valence-corrected chi connectivity index (χ4v) is 5.09. The molecule has 154 valence electrons. The van der Waals surface area contributed by atoms with Crippen LogP contribution in [0.3, 0.4) is 0 Å². The van der Waals surface area contributed by atoms with Crippen molar-refractivity contribution >= 4 is 23.3 Å². The summed E-state index contributed by atoms with van der Waals surface area (Å²) in [5.74, 6) is 0.610. The smallest absolute Gasteiger partial charge is 0.265 e. The summed E-state index contributed by atoms with van der Waals surface area (Å²) in [5.41, 5.74) is 2.35. The van der Waals surface area contributed by atoms with Crippen LogP contribution in [0.15, 0.2) is 36.5 Å². The van der Waals surface area contributed by atoms with Gasteiger partial charge in [0.25, 0.3) is 5.91 Å². The van der Waals surface area contributed by atoms with E-state index in [1.807, 2.05) is 11.8 Å². The summed E-state index contributed by atoms with van der Waals surface area (Å²) in [6.07, 6.45) is 3.54. The summed E-state index contributed by atoms with van der Waals surface area (Å²) in [7, 11) is 0. The molecule has 0 unspecified atom stereocenters. The lowest BCUT2D eigenvalue weighted by molar-refractivity contribution is -0.123. The number of aliphatic hydroxyl groups excluding tert-OH is 1. The number of rotatable bonds is 5. The predicted molar refractivity (Wildman–Crippen MR) is 112 cm³/mol. The molecule has 7 heteroatoms. The van der Waals surface area contributed by atoms with E-state index in [-0.39, 0.29) is 17.9 Å². The van der Waals surface area contributed by atoms with Crippen LogP contribution in [-0.2, 0) is 11.2 Å². The summed E-state index contributed by atoms with van der Waals surface area (Å²) in [5, 5.41) is 13.6. The van der Waals surface area contributed by atoms with Gasteiger partial charge in [-0.3, -0.25) is 9.59 Å². The van der Waals surface area contributed by atoms with Crippen molar-refractivity contribution in [2.24, 2.45) is 11.8 Å². The molecule has 1 saturated carbocycles. The van der Waals surface area contributed by atoms with E-state index in [0.29, 0.717) is 55.5 Å². The molecule has 0 radical (unpaired) electrons. The highest BCUT2D eigenvalue weighted by Gasteiger charge is 2.43. The number of aryl methyl sites for hydroxylation is 2. The number of nitrogens with one attached hydrogen (secondary N) is 1. The van der Waals surface area contributed by atoms with Gasteiger partial charge in [-0.25, -0.2) is 4.37 Å². The zero-order chi connectivity index (χ0) is 20.4. The van der Waals surface area contributed by atoms with Crippen LogP contribution >= 0.6 is 11.5 Å². The molecule has 4 rings (SSSR count). The maximum absolute atomic E-state index is 12.6. The Labute approximate surface area is 175 Å². The third-order valence-corrected chi connectivity index (χ3v) is 6.92.